The molecule has 1 N–H and O–H groups in total. The molecule has 0 radical (unpaired) electrons. The van der Waals surface area contributed by atoms with Crippen molar-refractivity contribution in [1.29, 1.82) is 0 Å². The van der Waals surface area contributed by atoms with Crippen LogP contribution in [0.3, 0.4) is 0 Å². The number of hydrogen-bond acceptors (Lipinski definition) is 4. The van der Waals surface area contributed by atoms with Gasteiger partial charge in [-0.3, -0.25) is 4.79 Å². The van der Waals surface area contributed by atoms with Crippen LogP contribution in [-0.2, 0) is 4.79 Å². The van der Waals surface area contributed by atoms with E-state index < -0.39 is 0 Å². The van der Waals surface area contributed by atoms with Gasteiger partial charge in [-0.1, -0.05) is 37.3 Å². The van der Waals surface area contributed by atoms with E-state index in [1.807, 2.05) is 37.3 Å². The lowest BCUT2D eigenvalue weighted by Gasteiger charge is -2.26. The van der Waals surface area contributed by atoms with E-state index in [1.54, 1.807) is 14.2 Å². The van der Waals surface area contributed by atoms with Crippen molar-refractivity contribution in [2.24, 2.45) is 5.10 Å². The molecule has 0 aromatic heterocycles. The lowest BCUT2D eigenvalue weighted by atomic mass is 9.96. The number of ether oxygens (including phenoxy) is 1. The normalized spacial score (nSPS) is 15.3. The maximum absolute atomic E-state index is 13.3. The molecule has 7 heteroatoms. The molecule has 1 aliphatic heterocycles. The topological polar surface area (TPSA) is 74.2 Å². The minimum absolute atomic E-state index is 0.0646. The fourth-order valence-electron chi connectivity index (χ4n) is 3.73. The van der Waals surface area contributed by atoms with Gasteiger partial charge < -0.3 is 15.0 Å². The second kappa shape index (κ2) is 10.3. The summed E-state index contributed by atoms with van der Waals surface area (Å²) in [4.78, 5) is 26.9. The number of urea groups is 1. The van der Waals surface area contributed by atoms with Crippen molar-refractivity contribution in [3.05, 3.63) is 64.7 Å². The average molecular weight is 437 g/mol. The summed E-state index contributed by atoms with van der Waals surface area (Å²) in [5.41, 5.74) is 5.12. The van der Waals surface area contributed by atoms with Crippen LogP contribution in [0.2, 0.25) is 0 Å². The highest BCUT2D eigenvalue weighted by atomic mass is 16.5. The van der Waals surface area contributed by atoms with E-state index in [0.717, 1.165) is 23.3 Å². The molecule has 170 valence electrons. The molecule has 3 rings (SSSR count). The minimum Gasteiger partial charge on any atom is -0.496 e. The SMILES string of the molecule is CCCNC(=O)N(C)CC(=O)N1N=C(c2ccc(C)c(C)c2)CC1c1ccccc1OC. The number of carbonyl (C=O) groups is 2. The molecule has 2 aromatic rings. The highest BCUT2D eigenvalue weighted by Crippen LogP contribution is 2.37. The van der Waals surface area contributed by atoms with Gasteiger partial charge in [0.25, 0.3) is 5.91 Å². The number of para-hydroxylation sites is 1. The van der Waals surface area contributed by atoms with Crippen LogP contribution in [0.1, 0.15) is 48.1 Å². The summed E-state index contributed by atoms with van der Waals surface area (Å²) < 4.78 is 5.56. The molecule has 1 atom stereocenters. The van der Waals surface area contributed by atoms with Gasteiger partial charge in [-0.15, -0.1) is 0 Å². The van der Waals surface area contributed by atoms with Crippen molar-refractivity contribution in [3.8, 4) is 5.75 Å². The van der Waals surface area contributed by atoms with Crippen molar-refractivity contribution >= 4 is 17.6 Å². The first kappa shape index (κ1) is 23.3. The number of hydrazone groups is 1. The van der Waals surface area contributed by atoms with E-state index in [4.69, 9.17) is 9.84 Å². The van der Waals surface area contributed by atoms with Crippen LogP contribution in [0.5, 0.6) is 5.75 Å². The van der Waals surface area contributed by atoms with Crippen LogP contribution in [0.4, 0.5) is 4.79 Å². The van der Waals surface area contributed by atoms with Gasteiger partial charge in [0, 0.05) is 25.6 Å². The van der Waals surface area contributed by atoms with E-state index in [1.165, 1.54) is 21.0 Å². The Hall–Kier alpha value is -3.35. The number of carbonyl (C=O) groups excluding carboxylic acids is 2. The van der Waals surface area contributed by atoms with Crippen LogP contribution < -0.4 is 10.1 Å². The highest BCUT2D eigenvalue weighted by Gasteiger charge is 2.35. The third-order valence-corrected chi connectivity index (χ3v) is 5.75. The summed E-state index contributed by atoms with van der Waals surface area (Å²) in [6.07, 6.45) is 1.40. The third kappa shape index (κ3) is 5.10. The zero-order chi connectivity index (χ0) is 23.3. The van der Waals surface area contributed by atoms with E-state index in [9.17, 15) is 9.59 Å². The second-order valence-electron chi connectivity index (χ2n) is 8.13. The molecule has 1 aliphatic rings. The Balaban J connectivity index is 1.91. The summed E-state index contributed by atoms with van der Waals surface area (Å²) in [7, 11) is 3.24. The predicted molar refractivity (Wildman–Crippen MR) is 126 cm³/mol. The van der Waals surface area contributed by atoms with Gasteiger partial charge >= 0.3 is 6.03 Å². The zero-order valence-corrected chi connectivity index (χ0v) is 19.5. The number of nitrogens with zero attached hydrogens (tertiary/aromatic N) is 3. The summed E-state index contributed by atoms with van der Waals surface area (Å²) >= 11 is 0. The zero-order valence-electron chi connectivity index (χ0n) is 19.5. The third-order valence-electron chi connectivity index (χ3n) is 5.75. The molecule has 0 bridgehead atoms. The van der Waals surface area contributed by atoms with Gasteiger partial charge in [0.2, 0.25) is 0 Å². The lowest BCUT2D eigenvalue weighted by Crippen LogP contribution is -2.43. The Morgan fingerprint density at radius 2 is 1.94 bits per heavy atom. The van der Waals surface area contributed by atoms with E-state index >= 15 is 0 Å². The van der Waals surface area contributed by atoms with E-state index in [2.05, 4.69) is 31.3 Å². The number of amides is 3. The summed E-state index contributed by atoms with van der Waals surface area (Å²) in [5, 5.41) is 9.02. The summed E-state index contributed by atoms with van der Waals surface area (Å²) in [6, 6.07) is 13.3. The van der Waals surface area contributed by atoms with Crippen molar-refractivity contribution in [1.82, 2.24) is 15.2 Å². The number of hydrogen-bond donors (Lipinski definition) is 1. The van der Waals surface area contributed by atoms with Gasteiger partial charge in [0.15, 0.2) is 0 Å². The Morgan fingerprint density at radius 1 is 1.19 bits per heavy atom. The number of likely N-dealkylation sites (N-methyl/N-ethyl adjacent to an activating group) is 1. The van der Waals surface area contributed by atoms with Gasteiger partial charge in [-0.25, -0.2) is 9.80 Å². The molecular formula is C25H32N4O3. The van der Waals surface area contributed by atoms with Crippen molar-refractivity contribution < 1.29 is 14.3 Å². The Bertz CT molecular complexity index is 1020. The number of nitrogens with one attached hydrogen (secondary N) is 1. The van der Waals surface area contributed by atoms with Gasteiger partial charge in [-0.2, -0.15) is 5.10 Å². The standard InChI is InChI=1S/C25H32N4O3/c1-6-13-26-25(31)28(4)16-24(30)29-22(20-9-7-8-10-23(20)32-5)15-21(27-29)19-12-11-17(2)18(3)14-19/h7-12,14,22H,6,13,15-16H2,1-5H3,(H,26,31). The molecule has 0 aliphatic carbocycles. The molecule has 1 heterocycles. The van der Waals surface area contributed by atoms with Crippen LogP contribution in [-0.4, -0.2) is 54.8 Å². The molecular weight excluding hydrogens is 404 g/mol. The largest absolute Gasteiger partial charge is 0.496 e. The van der Waals surface area contributed by atoms with Crippen LogP contribution in [0.15, 0.2) is 47.6 Å². The van der Waals surface area contributed by atoms with Crippen LogP contribution in [0.25, 0.3) is 0 Å². The first-order valence-corrected chi connectivity index (χ1v) is 10.9. The lowest BCUT2D eigenvalue weighted by molar-refractivity contribution is -0.133. The van der Waals surface area contributed by atoms with E-state index in [-0.39, 0.29) is 24.5 Å². The first-order chi connectivity index (χ1) is 15.3. The molecule has 0 spiro atoms. The molecule has 0 saturated carbocycles. The predicted octanol–water partition coefficient (Wildman–Crippen LogP) is 4.04. The number of rotatable bonds is 7. The Morgan fingerprint density at radius 3 is 2.62 bits per heavy atom. The molecule has 0 saturated heterocycles. The minimum atomic E-state index is -0.303. The maximum atomic E-state index is 13.3. The Labute approximate surface area is 190 Å². The number of methoxy groups -OCH3 is 1. The Kier molecular flexibility index (Phi) is 7.51. The maximum Gasteiger partial charge on any atom is 0.317 e. The quantitative estimate of drug-likeness (QED) is 0.712. The van der Waals surface area contributed by atoms with Gasteiger partial charge in [-0.05, 0) is 49.1 Å². The van der Waals surface area contributed by atoms with Crippen molar-refractivity contribution in [3.63, 3.8) is 0 Å². The summed E-state index contributed by atoms with van der Waals surface area (Å²) in [6.45, 7) is 6.63. The highest BCUT2D eigenvalue weighted by molar-refractivity contribution is 6.03. The number of benzene rings is 2. The average Bonchev–Trinajstić information content (AvgIpc) is 3.24. The molecule has 3 amide bonds. The number of aryl methyl sites for hydroxylation is 2. The monoisotopic (exact) mass is 436 g/mol. The van der Waals surface area contributed by atoms with Gasteiger partial charge in [0.05, 0.1) is 18.9 Å². The van der Waals surface area contributed by atoms with E-state index in [0.29, 0.717) is 18.7 Å². The molecule has 2 aromatic carbocycles. The molecule has 32 heavy (non-hydrogen) atoms. The van der Waals surface area contributed by atoms with Gasteiger partial charge in [0.1, 0.15) is 12.3 Å². The fourth-order valence-corrected chi connectivity index (χ4v) is 3.73. The molecule has 1 unspecified atom stereocenters. The van der Waals surface area contributed by atoms with Crippen LogP contribution in [0, 0.1) is 13.8 Å². The summed E-state index contributed by atoms with van der Waals surface area (Å²) in [5.74, 6) is 0.467. The first-order valence-electron chi connectivity index (χ1n) is 10.9. The van der Waals surface area contributed by atoms with Crippen LogP contribution >= 0.6 is 0 Å². The fraction of sp³-hybridized carbons (Fsp3) is 0.400. The van der Waals surface area contributed by atoms with Crippen molar-refractivity contribution in [2.45, 2.75) is 39.7 Å². The smallest absolute Gasteiger partial charge is 0.317 e. The molecule has 0 fully saturated rings. The second-order valence-corrected chi connectivity index (χ2v) is 8.13. The van der Waals surface area contributed by atoms with Crippen molar-refractivity contribution in [2.75, 3.05) is 27.2 Å². The molecule has 7 nitrogen and oxygen atoms in total.